The van der Waals surface area contributed by atoms with Gasteiger partial charge in [0.05, 0.1) is 5.03 Å². The quantitative estimate of drug-likeness (QED) is 0.492. The molecular formula is C24H28N2S. The number of nitrogens with zero attached hydrogens (tertiary/aromatic N) is 2. The van der Waals surface area contributed by atoms with Gasteiger partial charge in [0.2, 0.25) is 0 Å². The molecule has 0 aliphatic rings. The van der Waals surface area contributed by atoms with Crippen molar-refractivity contribution < 1.29 is 0 Å². The zero-order valence-corrected chi connectivity index (χ0v) is 17.8. The summed E-state index contributed by atoms with van der Waals surface area (Å²) in [5, 5.41) is 1.97. The summed E-state index contributed by atoms with van der Waals surface area (Å²) in [4.78, 5) is 2.12. The zero-order chi connectivity index (χ0) is 19.7. The van der Waals surface area contributed by atoms with Crippen molar-refractivity contribution in [2.45, 2.75) is 34.1 Å². The minimum absolute atomic E-state index is 0.703. The first-order valence-electron chi connectivity index (χ1n) is 9.38. The van der Waals surface area contributed by atoms with Crippen LogP contribution in [0.25, 0.3) is 16.6 Å². The maximum Gasteiger partial charge on any atom is 0.0694 e. The molecule has 0 saturated heterocycles. The molecule has 3 aromatic rings. The SMILES string of the molecule is C=C(S)N(/C(=C\C)c1cccc(CC)c1)c1ccc2c(c1)c(C)c(C)n2C. The number of allylic oxidation sites excluding steroid dienone is 1. The highest BCUT2D eigenvalue weighted by Crippen LogP contribution is 2.35. The molecule has 0 saturated carbocycles. The Morgan fingerprint density at radius 1 is 1.19 bits per heavy atom. The molecule has 140 valence electrons. The number of hydrogen-bond donors (Lipinski definition) is 1. The highest BCUT2D eigenvalue weighted by molar-refractivity contribution is 7.84. The third-order valence-corrected chi connectivity index (χ3v) is 5.65. The summed E-state index contributed by atoms with van der Waals surface area (Å²) in [6.07, 6.45) is 3.14. The molecule has 0 aliphatic heterocycles. The Kier molecular flexibility index (Phi) is 5.52. The summed E-state index contributed by atoms with van der Waals surface area (Å²) in [5.74, 6) is 0. The molecule has 0 bridgehead atoms. The maximum atomic E-state index is 4.63. The van der Waals surface area contributed by atoms with Gasteiger partial charge in [0.25, 0.3) is 0 Å². The molecule has 3 heteroatoms. The lowest BCUT2D eigenvalue weighted by Crippen LogP contribution is -2.17. The molecule has 27 heavy (non-hydrogen) atoms. The standard InChI is InChI=1S/C24H28N2S/c1-7-19-10-9-11-20(14-19)23(8-2)26(18(5)27)21-12-13-24-22(15-21)16(3)17(4)25(24)6/h8-15,27H,5,7H2,1-4,6H3/b23-8-. The minimum atomic E-state index is 0.703. The molecule has 2 aromatic carbocycles. The fourth-order valence-electron chi connectivity index (χ4n) is 3.69. The molecular weight excluding hydrogens is 348 g/mol. The van der Waals surface area contributed by atoms with E-state index in [2.05, 4.69) is 112 Å². The van der Waals surface area contributed by atoms with E-state index in [1.807, 2.05) is 0 Å². The van der Waals surface area contributed by atoms with Gasteiger partial charge in [0, 0.05) is 35.0 Å². The molecule has 2 nitrogen and oxygen atoms in total. The summed E-state index contributed by atoms with van der Waals surface area (Å²) in [6.45, 7) is 12.7. The van der Waals surface area contributed by atoms with Crippen LogP contribution in [0.1, 0.15) is 36.2 Å². The topological polar surface area (TPSA) is 8.17 Å². The molecule has 0 N–H and O–H groups in total. The first-order valence-corrected chi connectivity index (χ1v) is 9.83. The molecule has 1 heterocycles. The number of thiol groups is 1. The monoisotopic (exact) mass is 376 g/mol. The summed E-state index contributed by atoms with van der Waals surface area (Å²) in [7, 11) is 2.12. The number of aromatic nitrogens is 1. The smallest absolute Gasteiger partial charge is 0.0694 e. The van der Waals surface area contributed by atoms with Crippen LogP contribution in [-0.4, -0.2) is 4.57 Å². The van der Waals surface area contributed by atoms with Crippen molar-refractivity contribution in [1.82, 2.24) is 4.57 Å². The fourth-order valence-corrected chi connectivity index (χ4v) is 3.91. The van der Waals surface area contributed by atoms with Gasteiger partial charge in [0.1, 0.15) is 0 Å². The van der Waals surface area contributed by atoms with Crippen LogP contribution in [0.5, 0.6) is 0 Å². The Labute approximate surface area is 168 Å². The van der Waals surface area contributed by atoms with E-state index in [0.29, 0.717) is 5.03 Å². The van der Waals surface area contributed by atoms with E-state index in [1.165, 1.54) is 33.3 Å². The molecule has 0 amide bonds. The second-order valence-electron chi connectivity index (χ2n) is 6.95. The van der Waals surface area contributed by atoms with Crippen molar-refractivity contribution in [1.29, 1.82) is 0 Å². The van der Waals surface area contributed by atoms with Gasteiger partial charge in [-0.05, 0) is 68.1 Å². The van der Waals surface area contributed by atoms with Crippen molar-refractivity contribution in [3.8, 4) is 0 Å². The Morgan fingerprint density at radius 2 is 1.93 bits per heavy atom. The largest absolute Gasteiger partial charge is 0.348 e. The molecule has 0 radical (unpaired) electrons. The third kappa shape index (κ3) is 3.44. The summed E-state index contributed by atoms with van der Waals surface area (Å²) in [6, 6.07) is 15.3. The van der Waals surface area contributed by atoms with Gasteiger partial charge >= 0.3 is 0 Å². The number of anilines is 1. The van der Waals surface area contributed by atoms with Crippen LogP contribution in [0, 0.1) is 13.8 Å². The van der Waals surface area contributed by atoms with E-state index in [1.54, 1.807) is 0 Å². The van der Waals surface area contributed by atoms with Crippen LogP contribution in [-0.2, 0) is 13.5 Å². The predicted octanol–water partition coefficient (Wildman–Crippen LogP) is 6.63. The maximum absolute atomic E-state index is 4.63. The number of rotatable bonds is 5. The van der Waals surface area contributed by atoms with E-state index in [-0.39, 0.29) is 0 Å². The molecule has 0 aliphatic carbocycles. The van der Waals surface area contributed by atoms with Crippen LogP contribution in [0.3, 0.4) is 0 Å². The minimum Gasteiger partial charge on any atom is -0.348 e. The second kappa shape index (κ2) is 7.69. The van der Waals surface area contributed by atoms with Crippen molar-refractivity contribution in [3.63, 3.8) is 0 Å². The Hall–Kier alpha value is -2.39. The summed E-state index contributed by atoms with van der Waals surface area (Å²) >= 11 is 4.63. The second-order valence-corrected chi connectivity index (χ2v) is 7.47. The normalized spacial score (nSPS) is 11.9. The van der Waals surface area contributed by atoms with Crippen molar-refractivity contribution in [2.75, 3.05) is 4.90 Å². The molecule has 3 rings (SSSR count). The van der Waals surface area contributed by atoms with Crippen molar-refractivity contribution in [2.24, 2.45) is 7.05 Å². The Balaban J connectivity index is 2.16. The predicted molar refractivity (Wildman–Crippen MR) is 122 cm³/mol. The molecule has 0 fully saturated rings. The lowest BCUT2D eigenvalue weighted by Gasteiger charge is -2.28. The van der Waals surface area contributed by atoms with Gasteiger partial charge in [-0.25, -0.2) is 0 Å². The van der Waals surface area contributed by atoms with Crippen LogP contribution in [0.2, 0.25) is 0 Å². The molecule has 0 spiro atoms. The van der Waals surface area contributed by atoms with Gasteiger partial charge in [-0.2, -0.15) is 0 Å². The van der Waals surface area contributed by atoms with Crippen LogP contribution < -0.4 is 4.90 Å². The van der Waals surface area contributed by atoms with E-state index in [0.717, 1.165) is 17.8 Å². The van der Waals surface area contributed by atoms with E-state index < -0.39 is 0 Å². The van der Waals surface area contributed by atoms with Crippen molar-refractivity contribution >= 4 is 34.9 Å². The number of fused-ring (bicyclic) bond motifs is 1. The Bertz CT molecular complexity index is 1040. The van der Waals surface area contributed by atoms with Gasteiger partial charge in [-0.3, -0.25) is 0 Å². The van der Waals surface area contributed by atoms with Crippen molar-refractivity contribution in [3.05, 3.63) is 82.5 Å². The first-order chi connectivity index (χ1) is 12.9. The molecule has 1 aromatic heterocycles. The number of aryl methyl sites for hydroxylation is 3. The van der Waals surface area contributed by atoms with Gasteiger partial charge in [0.15, 0.2) is 0 Å². The average Bonchev–Trinajstić information content (AvgIpc) is 2.89. The third-order valence-electron chi connectivity index (χ3n) is 5.45. The number of hydrogen-bond acceptors (Lipinski definition) is 2. The lowest BCUT2D eigenvalue weighted by molar-refractivity contribution is 0.910. The molecule has 0 atom stereocenters. The first kappa shape index (κ1) is 19.4. The zero-order valence-electron chi connectivity index (χ0n) is 16.9. The Morgan fingerprint density at radius 3 is 2.56 bits per heavy atom. The molecule has 0 unspecified atom stereocenters. The highest BCUT2D eigenvalue weighted by atomic mass is 32.1. The summed E-state index contributed by atoms with van der Waals surface area (Å²) in [5.41, 5.74) is 8.51. The van der Waals surface area contributed by atoms with E-state index in [4.69, 9.17) is 0 Å². The van der Waals surface area contributed by atoms with Gasteiger partial charge in [-0.15, -0.1) is 12.6 Å². The van der Waals surface area contributed by atoms with Crippen LogP contribution in [0.15, 0.2) is 60.1 Å². The van der Waals surface area contributed by atoms with Crippen LogP contribution >= 0.6 is 12.6 Å². The van der Waals surface area contributed by atoms with E-state index in [9.17, 15) is 0 Å². The van der Waals surface area contributed by atoms with Gasteiger partial charge < -0.3 is 9.47 Å². The van der Waals surface area contributed by atoms with Gasteiger partial charge in [-0.1, -0.05) is 37.8 Å². The fraction of sp³-hybridized carbons (Fsp3) is 0.250. The number of benzene rings is 2. The van der Waals surface area contributed by atoms with E-state index >= 15 is 0 Å². The summed E-state index contributed by atoms with van der Waals surface area (Å²) < 4.78 is 2.25. The highest BCUT2D eigenvalue weighted by Gasteiger charge is 2.17. The van der Waals surface area contributed by atoms with Crippen LogP contribution in [0.4, 0.5) is 5.69 Å². The average molecular weight is 377 g/mol. The lowest BCUT2D eigenvalue weighted by atomic mass is 10.0.